The Labute approximate surface area is 102 Å². The third-order valence-corrected chi connectivity index (χ3v) is 2.79. The van der Waals surface area contributed by atoms with Crippen LogP contribution in [0.25, 0.3) is 0 Å². The normalized spacial score (nSPS) is 9.94. The maximum atomic E-state index is 11.0. The van der Waals surface area contributed by atoms with E-state index in [1.807, 2.05) is 6.07 Å². The van der Waals surface area contributed by atoms with Gasteiger partial charge in [-0.25, -0.2) is 0 Å². The van der Waals surface area contributed by atoms with Gasteiger partial charge in [0.2, 0.25) is 5.91 Å². The molecule has 0 fully saturated rings. The van der Waals surface area contributed by atoms with Gasteiger partial charge >= 0.3 is 0 Å². The number of hydrogen-bond acceptors (Lipinski definition) is 2. The number of nitriles is 1. The van der Waals surface area contributed by atoms with Gasteiger partial charge in [-0.3, -0.25) is 4.79 Å². The molecular formula is C13H19N3O. The zero-order valence-corrected chi connectivity index (χ0v) is 10.5. The molecule has 0 aliphatic rings. The van der Waals surface area contributed by atoms with Crippen molar-refractivity contribution in [1.29, 1.82) is 5.26 Å². The molecule has 4 nitrogen and oxygen atoms in total. The Morgan fingerprint density at radius 3 is 2.59 bits per heavy atom. The van der Waals surface area contributed by atoms with Crippen molar-refractivity contribution in [1.82, 2.24) is 9.88 Å². The topological polar surface area (TPSA) is 57.8 Å². The van der Waals surface area contributed by atoms with Crippen molar-refractivity contribution >= 4 is 5.91 Å². The smallest absolute Gasteiger partial charge is 0.234 e. The first-order valence-corrected chi connectivity index (χ1v) is 5.91. The van der Waals surface area contributed by atoms with Crippen molar-refractivity contribution in [2.75, 3.05) is 6.54 Å². The molecule has 0 bridgehead atoms. The maximum absolute atomic E-state index is 11.0. The van der Waals surface area contributed by atoms with Gasteiger partial charge in [0.1, 0.15) is 6.42 Å². The largest absolute Gasteiger partial charge is 0.355 e. The van der Waals surface area contributed by atoms with Gasteiger partial charge in [0, 0.05) is 24.5 Å². The number of hydrogen-bond donors (Lipinski definition) is 1. The molecule has 0 unspecified atom stereocenters. The molecule has 0 aromatic carbocycles. The lowest BCUT2D eigenvalue weighted by Gasteiger charge is -2.09. The van der Waals surface area contributed by atoms with Gasteiger partial charge in [0.05, 0.1) is 6.07 Å². The molecule has 0 atom stereocenters. The summed E-state index contributed by atoms with van der Waals surface area (Å²) in [7, 11) is 0. The first-order chi connectivity index (χ1) is 8.15. The van der Waals surface area contributed by atoms with Gasteiger partial charge in [0.15, 0.2) is 0 Å². The standard InChI is InChI=1S/C13H19N3O/c1-11-5-6-12(2)16(11)10-4-3-9-15-13(17)7-8-14/h5-6H,3-4,7,9-10H2,1-2H3,(H,15,17). The highest BCUT2D eigenvalue weighted by Gasteiger charge is 2.01. The predicted octanol–water partition coefficient (Wildman–Crippen LogP) is 1.92. The second kappa shape index (κ2) is 6.74. The lowest BCUT2D eigenvalue weighted by molar-refractivity contribution is -0.120. The van der Waals surface area contributed by atoms with Crippen molar-refractivity contribution in [3.63, 3.8) is 0 Å². The monoisotopic (exact) mass is 233 g/mol. The lowest BCUT2D eigenvalue weighted by atomic mass is 10.3. The second-order valence-corrected chi connectivity index (χ2v) is 4.16. The SMILES string of the molecule is Cc1ccc(C)n1CCCCNC(=O)CC#N. The number of nitrogens with zero attached hydrogens (tertiary/aromatic N) is 2. The summed E-state index contributed by atoms with van der Waals surface area (Å²) in [5.74, 6) is -0.180. The molecule has 4 heteroatoms. The number of nitrogens with one attached hydrogen (secondary N) is 1. The number of aryl methyl sites for hydroxylation is 2. The van der Waals surface area contributed by atoms with Gasteiger partial charge in [-0.2, -0.15) is 5.26 Å². The van der Waals surface area contributed by atoms with Crippen molar-refractivity contribution in [2.45, 2.75) is 39.7 Å². The van der Waals surface area contributed by atoms with E-state index in [9.17, 15) is 4.79 Å². The quantitative estimate of drug-likeness (QED) is 0.763. The maximum Gasteiger partial charge on any atom is 0.234 e. The summed E-state index contributed by atoms with van der Waals surface area (Å²) in [5.41, 5.74) is 2.55. The average molecular weight is 233 g/mol. The number of rotatable bonds is 6. The molecule has 1 aromatic heterocycles. The van der Waals surface area contributed by atoms with Crippen LogP contribution in [0.1, 0.15) is 30.7 Å². The van der Waals surface area contributed by atoms with Gasteiger partial charge < -0.3 is 9.88 Å². The highest BCUT2D eigenvalue weighted by atomic mass is 16.1. The molecule has 1 amide bonds. The first-order valence-electron chi connectivity index (χ1n) is 5.91. The molecule has 0 aliphatic heterocycles. The molecular weight excluding hydrogens is 214 g/mol. The summed E-state index contributed by atoms with van der Waals surface area (Å²) in [5, 5.41) is 11.0. The summed E-state index contributed by atoms with van der Waals surface area (Å²) in [6.07, 6.45) is 1.92. The molecule has 1 aromatic rings. The minimum Gasteiger partial charge on any atom is -0.355 e. The van der Waals surface area contributed by atoms with Gasteiger partial charge in [-0.05, 0) is 38.8 Å². The van der Waals surface area contributed by atoms with Crippen molar-refractivity contribution < 1.29 is 4.79 Å². The van der Waals surface area contributed by atoms with Crippen molar-refractivity contribution in [3.05, 3.63) is 23.5 Å². The molecule has 0 aliphatic carbocycles. The molecule has 0 radical (unpaired) electrons. The van der Waals surface area contributed by atoms with Crippen LogP contribution in [0.4, 0.5) is 0 Å². The van der Waals surface area contributed by atoms with Crippen molar-refractivity contribution in [2.24, 2.45) is 0 Å². The Kier molecular flexibility index (Phi) is 5.28. The van der Waals surface area contributed by atoms with Gasteiger partial charge in [-0.1, -0.05) is 0 Å². The van der Waals surface area contributed by atoms with Crippen LogP contribution in [0.3, 0.4) is 0 Å². The van der Waals surface area contributed by atoms with Crippen LogP contribution in [0.5, 0.6) is 0 Å². The lowest BCUT2D eigenvalue weighted by Crippen LogP contribution is -2.23. The Morgan fingerprint density at radius 2 is 2.00 bits per heavy atom. The molecule has 0 spiro atoms. The second-order valence-electron chi connectivity index (χ2n) is 4.16. The van der Waals surface area contributed by atoms with Gasteiger partial charge in [-0.15, -0.1) is 0 Å². The summed E-state index contributed by atoms with van der Waals surface area (Å²) in [6, 6.07) is 6.06. The number of aromatic nitrogens is 1. The third-order valence-electron chi connectivity index (χ3n) is 2.79. The van der Waals surface area contributed by atoms with Crippen LogP contribution < -0.4 is 5.32 Å². The Balaban J connectivity index is 2.17. The molecule has 92 valence electrons. The van der Waals surface area contributed by atoms with E-state index in [1.165, 1.54) is 11.4 Å². The highest BCUT2D eigenvalue weighted by Crippen LogP contribution is 2.08. The summed E-state index contributed by atoms with van der Waals surface area (Å²) < 4.78 is 2.27. The van der Waals surface area contributed by atoms with E-state index in [-0.39, 0.29) is 12.3 Å². The van der Waals surface area contributed by atoms with Gasteiger partial charge in [0.25, 0.3) is 0 Å². The Morgan fingerprint density at radius 1 is 1.35 bits per heavy atom. The summed E-state index contributed by atoms with van der Waals surface area (Å²) >= 11 is 0. The van der Waals surface area contributed by atoms with Crippen LogP contribution >= 0.6 is 0 Å². The Bertz CT molecular complexity index is 395. The fourth-order valence-electron chi connectivity index (χ4n) is 1.81. The zero-order valence-electron chi connectivity index (χ0n) is 10.5. The van der Waals surface area contributed by atoms with E-state index in [4.69, 9.17) is 5.26 Å². The first kappa shape index (κ1) is 13.3. The van der Waals surface area contributed by atoms with Crippen LogP contribution in [-0.4, -0.2) is 17.0 Å². The van der Waals surface area contributed by atoms with Crippen LogP contribution in [0.2, 0.25) is 0 Å². The number of carbonyl (C=O) groups excluding carboxylic acids is 1. The number of unbranched alkanes of at least 4 members (excludes halogenated alkanes) is 1. The van der Waals surface area contributed by atoms with Crippen LogP contribution in [-0.2, 0) is 11.3 Å². The summed E-state index contributed by atoms with van der Waals surface area (Å²) in [6.45, 7) is 5.84. The molecule has 1 heterocycles. The number of amides is 1. The van der Waals surface area contributed by atoms with Crippen molar-refractivity contribution in [3.8, 4) is 6.07 Å². The fraction of sp³-hybridized carbons (Fsp3) is 0.538. The van der Waals surface area contributed by atoms with E-state index in [0.29, 0.717) is 6.54 Å². The Hall–Kier alpha value is -1.76. The third kappa shape index (κ3) is 4.31. The molecule has 1 rings (SSSR count). The van der Waals surface area contributed by atoms with E-state index in [0.717, 1.165) is 19.4 Å². The van der Waals surface area contributed by atoms with Crippen LogP contribution in [0, 0.1) is 25.2 Å². The van der Waals surface area contributed by atoms with E-state index >= 15 is 0 Å². The van der Waals surface area contributed by atoms with E-state index in [2.05, 4.69) is 35.9 Å². The zero-order chi connectivity index (χ0) is 12.7. The molecule has 1 N–H and O–H groups in total. The fourth-order valence-corrected chi connectivity index (χ4v) is 1.81. The number of carbonyl (C=O) groups is 1. The van der Waals surface area contributed by atoms with E-state index in [1.54, 1.807) is 0 Å². The molecule has 0 saturated heterocycles. The highest BCUT2D eigenvalue weighted by molar-refractivity contribution is 5.77. The van der Waals surface area contributed by atoms with Crippen LogP contribution in [0.15, 0.2) is 12.1 Å². The minimum absolute atomic E-state index is 0.0458. The molecule has 17 heavy (non-hydrogen) atoms. The summed E-state index contributed by atoms with van der Waals surface area (Å²) in [4.78, 5) is 11.0. The average Bonchev–Trinajstić information content (AvgIpc) is 2.60. The minimum atomic E-state index is -0.180. The predicted molar refractivity (Wildman–Crippen MR) is 66.4 cm³/mol. The molecule has 0 saturated carbocycles. The van der Waals surface area contributed by atoms with E-state index < -0.39 is 0 Å².